The van der Waals surface area contributed by atoms with E-state index in [0.717, 1.165) is 60.4 Å². The van der Waals surface area contributed by atoms with E-state index in [1.807, 2.05) is 35.2 Å². The Labute approximate surface area is 277 Å². The zero-order valence-corrected chi connectivity index (χ0v) is 26.4. The van der Waals surface area contributed by atoms with Crippen molar-refractivity contribution in [3.05, 3.63) is 107 Å². The second kappa shape index (κ2) is 13.6. The number of piperidine rings is 2. The number of imidazole rings is 1. The Balaban J connectivity index is 1.28. The molecule has 2 aromatic heterocycles. The van der Waals surface area contributed by atoms with Crippen molar-refractivity contribution in [3.8, 4) is 11.3 Å². The third kappa shape index (κ3) is 6.77. The normalized spacial score (nSPS) is 22.2. The lowest BCUT2D eigenvalue weighted by molar-refractivity contribution is -0.132. The smallest absolute Gasteiger partial charge is 0.247 e. The van der Waals surface area contributed by atoms with Crippen molar-refractivity contribution < 1.29 is 9.18 Å². The van der Waals surface area contributed by atoms with Crippen LogP contribution in [0.3, 0.4) is 0 Å². The molecule has 47 heavy (non-hydrogen) atoms. The molecule has 3 aliphatic heterocycles. The van der Waals surface area contributed by atoms with Crippen LogP contribution in [0.15, 0.2) is 84.4 Å². The van der Waals surface area contributed by atoms with Crippen molar-refractivity contribution in [2.75, 3.05) is 24.6 Å². The number of benzene rings is 2. The average molecular weight is 655 g/mol. The number of amides is 1. The van der Waals surface area contributed by atoms with Gasteiger partial charge < -0.3 is 15.6 Å². The molecule has 3 atom stereocenters. The number of H-pyrrole nitrogens is 1. The number of rotatable bonds is 7. The third-order valence-electron chi connectivity index (χ3n) is 9.23. The van der Waals surface area contributed by atoms with Gasteiger partial charge in [-0.15, -0.1) is 5.53 Å². The minimum atomic E-state index is -0.443. The topological polar surface area (TPSA) is 131 Å². The van der Waals surface area contributed by atoms with Gasteiger partial charge in [0, 0.05) is 59.2 Å². The molecule has 7 rings (SSSR count). The van der Waals surface area contributed by atoms with Gasteiger partial charge in [-0.1, -0.05) is 23.7 Å². The van der Waals surface area contributed by atoms with Crippen LogP contribution in [0.25, 0.3) is 17.3 Å². The van der Waals surface area contributed by atoms with Gasteiger partial charge >= 0.3 is 0 Å². The number of carbonyl (C=O) groups excluding carboxylic acids is 1. The second-order valence-electron chi connectivity index (χ2n) is 12.2. The van der Waals surface area contributed by atoms with Gasteiger partial charge in [0.15, 0.2) is 0 Å². The van der Waals surface area contributed by atoms with E-state index in [4.69, 9.17) is 22.3 Å². The quantitative estimate of drug-likeness (QED) is 0.213. The number of aromatic amines is 1. The molecule has 242 valence electrons. The molecular weight excluding hydrogens is 619 g/mol. The number of hydrogen-bond donors (Lipinski definition) is 4. The maximum absolute atomic E-state index is 14.4. The summed E-state index contributed by atoms with van der Waals surface area (Å²) in [6.07, 6.45) is 12.8. The lowest BCUT2D eigenvalue weighted by Crippen LogP contribution is -2.55. The van der Waals surface area contributed by atoms with Crippen molar-refractivity contribution in [3.63, 3.8) is 0 Å². The predicted octanol–water partition coefficient (Wildman–Crippen LogP) is 4.60. The van der Waals surface area contributed by atoms with E-state index >= 15 is 0 Å². The molecule has 3 unspecified atom stereocenters. The molecule has 0 radical (unpaired) electrons. The van der Waals surface area contributed by atoms with Crippen LogP contribution in [-0.4, -0.2) is 68.7 Å². The molecule has 4 aromatic rings. The van der Waals surface area contributed by atoms with Gasteiger partial charge in [0.1, 0.15) is 18.0 Å². The number of nitrogens with zero attached hydrogens (tertiary/aromatic N) is 6. The largest absolute Gasteiger partial charge is 0.340 e. The number of anilines is 1. The molecule has 0 bridgehead atoms. The molecule has 3 aliphatic rings. The summed E-state index contributed by atoms with van der Waals surface area (Å²) in [5.41, 5.74) is 16.0. The van der Waals surface area contributed by atoms with Crippen molar-refractivity contribution in [2.24, 2.45) is 10.8 Å². The van der Waals surface area contributed by atoms with Crippen LogP contribution >= 0.6 is 11.6 Å². The Morgan fingerprint density at radius 3 is 2.66 bits per heavy atom. The number of nitrogens with one attached hydrogen (secondary N) is 3. The molecule has 2 aromatic carbocycles. The van der Waals surface area contributed by atoms with E-state index in [-0.39, 0.29) is 29.7 Å². The van der Waals surface area contributed by atoms with Crippen LogP contribution < -0.4 is 21.8 Å². The third-order valence-corrected chi connectivity index (χ3v) is 9.47. The van der Waals surface area contributed by atoms with Gasteiger partial charge in [0.2, 0.25) is 5.91 Å². The van der Waals surface area contributed by atoms with E-state index < -0.39 is 6.04 Å². The number of pyridine rings is 1. The minimum absolute atomic E-state index is 0.0803. The molecule has 2 fully saturated rings. The Morgan fingerprint density at radius 2 is 1.91 bits per heavy atom. The van der Waals surface area contributed by atoms with Crippen LogP contribution in [0.4, 0.5) is 10.1 Å². The predicted molar refractivity (Wildman–Crippen MR) is 180 cm³/mol. The molecule has 5 heterocycles. The van der Waals surface area contributed by atoms with E-state index in [2.05, 4.69) is 31.0 Å². The van der Waals surface area contributed by atoms with Crippen molar-refractivity contribution in [2.45, 2.75) is 43.3 Å². The Bertz CT molecular complexity index is 1760. The van der Waals surface area contributed by atoms with Gasteiger partial charge in [-0.3, -0.25) is 14.7 Å². The fraction of sp³-hybridized carbons (Fsp3) is 0.294. The number of hydrazone groups is 1. The second-order valence-corrected chi connectivity index (χ2v) is 12.6. The molecule has 1 amide bonds. The molecule has 0 spiro atoms. The van der Waals surface area contributed by atoms with Crippen LogP contribution in [-0.2, 0) is 4.79 Å². The first-order valence-electron chi connectivity index (χ1n) is 15.7. The molecular formula is C34H36ClFN10O. The van der Waals surface area contributed by atoms with E-state index in [9.17, 15) is 9.18 Å². The molecule has 5 N–H and O–H groups in total. The zero-order valence-electron chi connectivity index (χ0n) is 25.6. The molecule has 0 saturated carbocycles. The number of aromatic nitrogens is 3. The van der Waals surface area contributed by atoms with E-state index in [1.54, 1.807) is 54.2 Å². The van der Waals surface area contributed by atoms with Gasteiger partial charge in [0.05, 0.1) is 23.6 Å². The van der Waals surface area contributed by atoms with E-state index in [1.165, 1.54) is 12.1 Å². The fourth-order valence-corrected chi connectivity index (χ4v) is 6.99. The van der Waals surface area contributed by atoms with Crippen molar-refractivity contribution in [1.29, 1.82) is 0 Å². The lowest BCUT2D eigenvalue weighted by Gasteiger charge is -2.48. The van der Waals surface area contributed by atoms with Crippen molar-refractivity contribution in [1.82, 2.24) is 35.8 Å². The first-order chi connectivity index (χ1) is 22.9. The van der Waals surface area contributed by atoms with Crippen LogP contribution in [0.2, 0.25) is 5.02 Å². The highest BCUT2D eigenvalue weighted by atomic mass is 35.5. The summed E-state index contributed by atoms with van der Waals surface area (Å²) in [4.78, 5) is 31.4. The summed E-state index contributed by atoms with van der Waals surface area (Å²) >= 11 is 6.38. The average Bonchev–Trinajstić information content (AvgIpc) is 3.81. The summed E-state index contributed by atoms with van der Waals surface area (Å²) in [5.74, 6) is 0.0199. The van der Waals surface area contributed by atoms with Crippen LogP contribution in [0.5, 0.6) is 0 Å². The maximum atomic E-state index is 14.4. The number of halogens is 2. The summed E-state index contributed by atoms with van der Waals surface area (Å²) in [6, 6.07) is 15.7. The van der Waals surface area contributed by atoms with Gasteiger partial charge in [-0.05, 0) is 86.5 Å². The van der Waals surface area contributed by atoms with Crippen LogP contribution in [0, 0.1) is 5.82 Å². The van der Waals surface area contributed by atoms with Crippen LogP contribution in [0.1, 0.15) is 48.2 Å². The highest BCUT2D eigenvalue weighted by Gasteiger charge is 2.43. The Morgan fingerprint density at radius 1 is 1.09 bits per heavy atom. The number of carbonyl (C=O) groups is 1. The van der Waals surface area contributed by atoms with E-state index in [0.29, 0.717) is 17.4 Å². The highest BCUT2D eigenvalue weighted by Crippen LogP contribution is 2.44. The van der Waals surface area contributed by atoms with Gasteiger partial charge in [-0.25, -0.2) is 19.9 Å². The zero-order chi connectivity index (χ0) is 32.3. The summed E-state index contributed by atoms with van der Waals surface area (Å²) < 4.78 is 14.2. The maximum Gasteiger partial charge on any atom is 0.247 e. The lowest BCUT2D eigenvalue weighted by atomic mass is 9.80. The number of hydrazine groups is 2. The minimum Gasteiger partial charge on any atom is -0.340 e. The Hall–Kier alpha value is -4.62. The number of nitrogens with two attached hydrogens (primary N) is 1. The SMILES string of the molecule is NC1CCN(C2CC(c3ccc(F)cc3)C(c3ncc(-c4cccnc4)[nH]3)N(C(=O)/C=C/c3cc(Cl)ccc3N3C=NNN3)C2)CC1. The fourth-order valence-electron chi connectivity index (χ4n) is 6.81. The molecule has 11 nitrogen and oxygen atoms in total. The molecule has 13 heteroatoms. The number of likely N-dealkylation sites (tertiary alicyclic amines) is 2. The standard InChI is InChI=1S/C34H36ClFN10O/c35-25-6-9-31(46-21-40-42-43-46)23(16-25)5-10-32(47)45-20-28(44-14-11-27(37)12-15-44)17-29(22-3-7-26(36)8-4-22)33(45)34-39-19-30(41-34)24-2-1-13-38-18-24/h1-10,13,16,18-19,21,27-29,33,42-43H,11-12,14-15,17,20,37H2,(H,39,41)/b10-5+. The number of hydrogen-bond acceptors (Lipinski definition) is 9. The highest BCUT2D eigenvalue weighted by molar-refractivity contribution is 6.30. The monoisotopic (exact) mass is 654 g/mol. The molecule has 2 saturated heterocycles. The Kier molecular flexibility index (Phi) is 8.99. The van der Waals surface area contributed by atoms with Gasteiger partial charge in [-0.2, -0.15) is 5.10 Å². The summed E-state index contributed by atoms with van der Waals surface area (Å²) in [5, 5.41) is 6.24. The summed E-state index contributed by atoms with van der Waals surface area (Å²) in [6.45, 7) is 2.22. The summed E-state index contributed by atoms with van der Waals surface area (Å²) in [7, 11) is 0. The first-order valence-corrected chi connectivity index (χ1v) is 16.1. The van der Waals surface area contributed by atoms with Crippen molar-refractivity contribution >= 4 is 35.6 Å². The first kappa shape index (κ1) is 31.0. The van der Waals surface area contributed by atoms with Gasteiger partial charge in [0.25, 0.3) is 0 Å². The molecule has 0 aliphatic carbocycles.